The molecule has 0 aliphatic heterocycles. The first-order valence-electron chi connectivity index (χ1n) is 12.1. The third-order valence-corrected chi connectivity index (χ3v) is 5.64. The lowest BCUT2D eigenvalue weighted by molar-refractivity contribution is -0.119. The first kappa shape index (κ1) is 27.4. The second kappa shape index (κ2) is 15.9. The number of ether oxygens (including phenoxy) is 1. The number of benzene rings is 2. The molecule has 0 aliphatic carbocycles. The minimum Gasteiger partial charge on any atom is -0.452 e. The van der Waals surface area contributed by atoms with Gasteiger partial charge in [-0.2, -0.15) is 0 Å². The van der Waals surface area contributed by atoms with Crippen LogP contribution in [0.25, 0.3) is 0 Å². The van der Waals surface area contributed by atoms with E-state index in [1.165, 1.54) is 38.5 Å². The molecule has 6 nitrogen and oxygen atoms in total. The molecule has 0 bridgehead atoms. The van der Waals surface area contributed by atoms with Crippen molar-refractivity contribution in [1.29, 1.82) is 0 Å². The zero-order valence-electron chi connectivity index (χ0n) is 19.9. The van der Waals surface area contributed by atoms with Crippen LogP contribution in [0.15, 0.2) is 48.5 Å². The number of esters is 1. The van der Waals surface area contributed by atoms with Gasteiger partial charge < -0.3 is 15.4 Å². The molecule has 0 aromatic heterocycles. The van der Waals surface area contributed by atoms with Gasteiger partial charge in [0.15, 0.2) is 6.61 Å². The lowest BCUT2D eigenvalue weighted by atomic mass is 10.1. The zero-order valence-corrected chi connectivity index (χ0v) is 20.7. The Hall–Kier alpha value is -2.86. The van der Waals surface area contributed by atoms with Crippen LogP contribution < -0.4 is 10.6 Å². The Bertz CT molecular complexity index is 915. The van der Waals surface area contributed by atoms with Crippen molar-refractivity contribution >= 4 is 40.8 Å². The lowest BCUT2D eigenvalue weighted by Gasteiger charge is -2.11. The number of hydrogen-bond donors (Lipinski definition) is 2. The van der Waals surface area contributed by atoms with Gasteiger partial charge in [0.1, 0.15) is 0 Å². The summed E-state index contributed by atoms with van der Waals surface area (Å²) in [5.41, 5.74) is 1.14. The molecule has 0 unspecified atom stereocenters. The fourth-order valence-electron chi connectivity index (χ4n) is 3.52. The molecule has 34 heavy (non-hydrogen) atoms. The fourth-order valence-corrected chi connectivity index (χ4v) is 3.64. The first-order chi connectivity index (χ1) is 16.5. The Balaban J connectivity index is 1.72. The number of amides is 2. The summed E-state index contributed by atoms with van der Waals surface area (Å²) in [5, 5.41) is 5.98. The Labute approximate surface area is 207 Å². The number of unbranched alkanes of at least 4 members (excludes halogenated alkanes) is 8. The van der Waals surface area contributed by atoms with Crippen molar-refractivity contribution in [2.24, 2.45) is 0 Å². The summed E-state index contributed by atoms with van der Waals surface area (Å²) in [7, 11) is 0. The molecule has 2 N–H and O–H groups in total. The number of anilines is 2. The molecule has 0 aliphatic rings. The summed E-state index contributed by atoms with van der Waals surface area (Å²) in [4.78, 5) is 36.9. The topological polar surface area (TPSA) is 84.5 Å². The number of hydrogen-bond acceptors (Lipinski definition) is 4. The molecule has 2 amide bonds. The van der Waals surface area contributed by atoms with Crippen LogP contribution in [-0.4, -0.2) is 24.4 Å². The van der Waals surface area contributed by atoms with E-state index in [0.717, 1.165) is 19.3 Å². The van der Waals surface area contributed by atoms with Gasteiger partial charge in [0, 0.05) is 17.1 Å². The van der Waals surface area contributed by atoms with Crippen LogP contribution in [-0.2, 0) is 14.3 Å². The normalized spacial score (nSPS) is 10.5. The van der Waals surface area contributed by atoms with Gasteiger partial charge in [0.05, 0.1) is 11.3 Å². The molecular weight excluding hydrogens is 452 g/mol. The van der Waals surface area contributed by atoms with E-state index in [1.807, 2.05) is 0 Å². The quantitative estimate of drug-likeness (QED) is 0.210. The second-order valence-corrected chi connectivity index (χ2v) is 8.74. The van der Waals surface area contributed by atoms with E-state index in [-0.39, 0.29) is 11.5 Å². The fraction of sp³-hybridized carbons (Fsp3) is 0.444. The van der Waals surface area contributed by atoms with Crippen LogP contribution >= 0.6 is 11.6 Å². The average Bonchev–Trinajstić information content (AvgIpc) is 2.83. The number of para-hydroxylation sites is 1. The molecule has 0 radical (unpaired) electrons. The maximum absolute atomic E-state index is 12.5. The van der Waals surface area contributed by atoms with Crippen LogP contribution in [0.1, 0.15) is 81.5 Å². The van der Waals surface area contributed by atoms with Crippen LogP contribution in [0.3, 0.4) is 0 Å². The molecule has 0 saturated carbocycles. The Morgan fingerprint density at radius 2 is 1.38 bits per heavy atom. The van der Waals surface area contributed by atoms with Gasteiger partial charge in [-0.25, -0.2) is 4.79 Å². The number of carbonyl (C=O) groups is 3. The summed E-state index contributed by atoms with van der Waals surface area (Å²) < 4.78 is 5.14. The maximum atomic E-state index is 12.5. The zero-order chi connectivity index (χ0) is 24.6. The van der Waals surface area contributed by atoms with Gasteiger partial charge in [0.2, 0.25) is 5.91 Å². The maximum Gasteiger partial charge on any atom is 0.340 e. The molecule has 0 atom stereocenters. The molecule has 2 aromatic rings. The van der Waals surface area contributed by atoms with Gasteiger partial charge in [0.25, 0.3) is 5.91 Å². The van der Waals surface area contributed by atoms with Gasteiger partial charge in [-0.05, 0) is 42.8 Å². The third-order valence-electron chi connectivity index (χ3n) is 5.39. The summed E-state index contributed by atoms with van der Waals surface area (Å²) in [6.07, 6.45) is 11.0. The highest BCUT2D eigenvalue weighted by molar-refractivity contribution is 6.30. The number of rotatable bonds is 15. The molecule has 2 aromatic carbocycles. The lowest BCUT2D eigenvalue weighted by Crippen LogP contribution is -2.22. The molecule has 0 fully saturated rings. The van der Waals surface area contributed by atoms with E-state index in [1.54, 1.807) is 48.5 Å². The Morgan fingerprint density at radius 1 is 0.765 bits per heavy atom. The van der Waals surface area contributed by atoms with Crippen LogP contribution in [0, 0.1) is 0 Å². The molecule has 0 heterocycles. The molecular formula is C27H35ClN2O4. The molecule has 2 rings (SSSR count). The SMILES string of the molecule is CCCCCCCCCCCC(=O)Nc1ccccc1C(=O)OCC(=O)Nc1ccc(Cl)cc1. The van der Waals surface area contributed by atoms with Crippen molar-refractivity contribution in [2.45, 2.75) is 71.1 Å². The van der Waals surface area contributed by atoms with E-state index in [0.29, 0.717) is 22.8 Å². The predicted octanol–water partition coefficient (Wildman–Crippen LogP) is 6.99. The first-order valence-corrected chi connectivity index (χ1v) is 12.5. The number of nitrogens with one attached hydrogen (secondary N) is 2. The van der Waals surface area contributed by atoms with Crippen molar-refractivity contribution < 1.29 is 19.1 Å². The Kier molecular flexibility index (Phi) is 12.8. The van der Waals surface area contributed by atoms with E-state index < -0.39 is 18.5 Å². The minimum atomic E-state index is -0.676. The number of halogens is 1. The van der Waals surface area contributed by atoms with Crippen molar-refractivity contribution in [1.82, 2.24) is 0 Å². The predicted molar refractivity (Wildman–Crippen MR) is 137 cm³/mol. The van der Waals surface area contributed by atoms with E-state index in [4.69, 9.17) is 16.3 Å². The van der Waals surface area contributed by atoms with Gasteiger partial charge in [-0.1, -0.05) is 82.0 Å². The summed E-state index contributed by atoms with van der Waals surface area (Å²) in [6.45, 7) is 1.78. The Morgan fingerprint density at radius 3 is 2.06 bits per heavy atom. The van der Waals surface area contributed by atoms with Crippen molar-refractivity contribution in [3.8, 4) is 0 Å². The van der Waals surface area contributed by atoms with E-state index in [2.05, 4.69) is 17.6 Å². The molecule has 0 spiro atoms. The van der Waals surface area contributed by atoms with Crippen LogP contribution in [0.5, 0.6) is 0 Å². The molecule has 184 valence electrons. The van der Waals surface area contributed by atoms with E-state index in [9.17, 15) is 14.4 Å². The van der Waals surface area contributed by atoms with Gasteiger partial charge in [-0.3, -0.25) is 9.59 Å². The smallest absolute Gasteiger partial charge is 0.340 e. The van der Waals surface area contributed by atoms with Crippen LogP contribution in [0.2, 0.25) is 5.02 Å². The highest BCUT2D eigenvalue weighted by atomic mass is 35.5. The summed E-state index contributed by atoms with van der Waals surface area (Å²) in [6, 6.07) is 13.2. The summed E-state index contributed by atoms with van der Waals surface area (Å²) >= 11 is 5.83. The standard InChI is InChI=1S/C27H35ClN2O4/c1-2-3-4-5-6-7-8-9-10-15-25(31)30-24-14-12-11-13-23(24)27(33)34-20-26(32)29-22-18-16-21(28)17-19-22/h11-14,16-19H,2-10,15,20H2,1H3,(H,29,32)(H,30,31). The minimum absolute atomic E-state index is 0.135. The van der Waals surface area contributed by atoms with Crippen LogP contribution in [0.4, 0.5) is 11.4 Å². The van der Waals surface area contributed by atoms with Gasteiger partial charge >= 0.3 is 5.97 Å². The van der Waals surface area contributed by atoms with Crippen molar-refractivity contribution in [2.75, 3.05) is 17.2 Å². The van der Waals surface area contributed by atoms with Crippen molar-refractivity contribution in [3.63, 3.8) is 0 Å². The number of carbonyl (C=O) groups excluding carboxylic acids is 3. The highest BCUT2D eigenvalue weighted by Crippen LogP contribution is 2.18. The van der Waals surface area contributed by atoms with Crippen molar-refractivity contribution in [3.05, 3.63) is 59.1 Å². The van der Waals surface area contributed by atoms with Gasteiger partial charge in [-0.15, -0.1) is 0 Å². The third kappa shape index (κ3) is 10.8. The molecule has 0 saturated heterocycles. The summed E-state index contributed by atoms with van der Waals surface area (Å²) in [5.74, 6) is -1.28. The average molecular weight is 487 g/mol. The van der Waals surface area contributed by atoms with E-state index >= 15 is 0 Å². The second-order valence-electron chi connectivity index (χ2n) is 8.30. The largest absolute Gasteiger partial charge is 0.452 e. The molecule has 7 heteroatoms. The highest BCUT2D eigenvalue weighted by Gasteiger charge is 2.16. The monoisotopic (exact) mass is 486 g/mol.